The Bertz CT molecular complexity index is 664. The molecule has 0 aliphatic carbocycles. The lowest BCUT2D eigenvalue weighted by Crippen LogP contribution is -2.41. The third-order valence-electron chi connectivity index (χ3n) is 2.89. The van der Waals surface area contributed by atoms with Gasteiger partial charge in [0, 0.05) is 16.3 Å². The highest BCUT2D eigenvalue weighted by molar-refractivity contribution is 6.30. The molecule has 0 fully saturated rings. The topological polar surface area (TPSA) is 86.9 Å². The number of rotatable bonds is 4. The Morgan fingerprint density at radius 1 is 1.18 bits per heavy atom. The summed E-state index contributed by atoms with van der Waals surface area (Å²) < 4.78 is 0. The van der Waals surface area contributed by atoms with Gasteiger partial charge in [0.15, 0.2) is 5.69 Å². The fourth-order valence-corrected chi connectivity index (χ4v) is 2.00. The Hall–Kier alpha value is -2.34. The van der Waals surface area contributed by atoms with Crippen LogP contribution in [-0.4, -0.2) is 22.0 Å². The third-order valence-corrected chi connectivity index (χ3v) is 3.14. The molecule has 0 saturated heterocycles. The molecule has 7 heteroatoms. The monoisotopic (exact) mass is 320 g/mol. The van der Waals surface area contributed by atoms with Crippen LogP contribution in [0.15, 0.2) is 30.3 Å². The molecule has 0 aliphatic heterocycles. The first-order valence-corrected chi connectivity index (χ1v) is 7.24. The van der Waals surface area contributed by atoms with E-state index in [9.17, 15) is 9.59 Å². The number of carbonyl (C=O) groups excluding carboxylic acids is 2. The number of halogens is 1. The summed E-state index contributed by atoms with van der Waals surface area (Å²) in [4.78, 5) is 23.7. The number of nitrogens with one attached hydrogen (secondary N) is 3. The van der Waals surface area contributed by atoms with Crippen LogP contribution in [0.4, 0.5) is 0 Å². The molecule has 0 atom stereocenters. The summed E-state index contributed by atoms with van der Waals surface area (Å²) >= 11 is 5.75. The maximum Gasteiger partial charge on any atom is 0.290 e. The van der Waals surface area contributed by atoms with Gasteiger partial charge in [-0.1, -0.05) is 25.4 Å². The van der Waals surface area contributed by atoms with E-state index in [0.717, 1.165) is 12.1 Å². The van der Waals surface area contributed by atoms with E-state index < -0.39 is 11.8 Å². The highest BCUT2D eigenvalue weighted by atomic mass is 35.5. The smallest absolute Gasteiger partial charge is 0.282 e. The first kappa shape index (κ1) is 16.0. The number of aromatic amines is 1. The summed E-state index contributed by atoms with van der Waals surface area (Å²) in [6.45, 7) is 4.15. The van der Waals surface area contributed by atoms with Crippen molar-refractivity contribution in [3.63, 3.8) is 0 Å². The molecule has 22 heavy (non-hydrogen) atoms. The Balaban J connectivity index is 1.90. The molecule has 116 valence electrons. The minimum absolute atomic E-state index is 0.229. The molecule has 3 N–H and O–H groups in total. The molecule has 0 bridgehead atoms. The van der Waals surface area contributed by atoms with Gasteiger partial charge in [0.1, 0.15) is 0 Å². The average Bonchev–Trinajstić information content (AvgIpc) is 2.93. The molecule has 6 nitrogen and oxygen atoms in total. The molecule has 2 aromatic rings. The predicted molar refractivity (Wildman–Crippen MR) is 83.5 cm³/mol. The summed E-state index contributed by atoms with van der Waals surface area (Å²) in [7, 11) is 0. The predicted octanol–water partition coefficient (Wildman–Crippen LogP) is 2.34. The first-order chi connectivity index (χ1) is 10.5. The van der Waals surface area contributed by atoms with Crippen LogP contribution in [0.3, 0.4) is 0 Å². The molecule has 1 heterocycles. The lowest BCUT2D eigenvalue weighted by atomic mass is 10.1. The molecule has 1 aromatic heterocycles. The molecule has 1 aromatic carbocycles. The highest BCUT2D eigenvalue weighted by Gasteiger charge is 2.12. The Kier molecular flexibility index (Phi) is 5.16. The van der Waals surface area contributed by atoms with Crippen molar-refractivity contribution in [2.75, 3.05) is 0 Å². The SMILES string of the molecule is CC(C)Cc1cc(C(=O)NNC(=O)c2ccc(Cl)cc2)n[nH]1. The molecule has 2 amide bonds. The van der Waals surface area contributed by atoms with E-state index >= 15 is 0 Å². The molecule has 0 aliphatic rings. The zero-order valence-corrected chi connectivity index (χ0v) is 13.1. The molecule has 0 unspecified atom stereocenters. The van der Waals surface area contributed by atoms with Gasteiger partial charge in [-0.2, -0.15) is 5.10 Å². The number of aromatic nitrogens is 2. The summed E-state index contributed by atoms with van der Waals surface area (Å²) in [6.07, 6.45) is 0.803. The van der Waals surface area contributed by atoms with Crippen LogP contribution in [0.2, 0.25) is 5.02 Å². The zero-order valence-electron chi connectivity index (χ0n) is 12.3. The van der Waals surface area contributed by atoms with Crippen molar-refractivity contribution < 1.29 is 9.59 Å². The second-order valence-corrected chi connectivity index (χ2v) is 5.73. The fourth-order valence-electron chi connectivity index (χ4n) is 1.87. The van der Waals surface area contributed by atoms with E-state index in [0.29, 0.717) is 16.5 Å². The Labute approximate surface area is 133 Å². The van der Waals surface area contributed by atoms with Gasteiger partial charge in [0.05, 0.1) is 0 Å². The normalized spacial score (nSPS) is 10.5. The summed E-state index contributed by atoms with van der Waals surface area (Å²) in [6, 6.07) is 8.01. The van der Waals surface area contributed by atoms with Gasteiger partial charge >= 0.3 is 0 Å². The van der Waals surface area contributed by atoms with Crippen LogP contribution < -0.4 is 10.9 Å². The van der Waals surface area contributed by atoms with Crippen LogP contribution >= 0.6 is 11.6 Å². The van der Waals surface area contributed by atoms with E-state index in [2.05, 4.69) is 34.9 Å². The van der Waals surface area contributed by atoms with Gasteiger partial charge in [-0.05, 0) is 42.7 Å². The first-order valence-electron chi connectivity index (χ1n) is 6.86. The van der Waals surface area contributed by atoms with Crippen LogP contribution in [0.25, 0.3) is 0 Å². The minimum atomic E-state index is -0.478. The van der Waals surface area contributed by atoms with E-state index in [-0.39, 0.29) is 5.69 Å². The lowest BCUT2D eigenvalue weighted by molar-refractivity contribution is 0.0844. The van der Waals surface area contributed by atoms with E-state index in [1.54, 1.807) is 30.3 Å². The average molecular weight is 321 g/mol. The number of H-pyrrole nitrogens is 1. The quantitative estimate of drug-likeness (QED) is 0.756. The number of hydrogen-bond donors (Lipinski definition) is 3. The minimum Gasteiger partial charge on any atom is -0.282 e. The second-order valence-electron chi connectivity index (χ2n) is 5.29. The highest BCUT2D eigenvalue weighted by Crippen LogP contribution is 2.09. The second kappa shape index (κ2) is 7.09. The zero-order chi connectivity index (χ0) is 16.1. The van der Waals surface area contributed by atoms with Crippen molar-refractivity contribution in [1.82, 2.24) is 21.0 Å². The van der Waals surface area contributed by atoms with Gasteiger partial charge in [0.2, 0.25) is 0 Å². The number of hydrazine groups is 1. The molecule has 0 spiro atoms. The van der Waals surface area contributed by atoms with Crippen LogP contribution in [0, 0.1) is 5.92 Å². The summed E-state index contributed by atoms with van der Waals surface area (Å²) in [5, 5.41) is 7.27. The maximum absolute atomic E-state index is 11.9. The van der Waals surface area contributed by atoms with Crippen molar-refractivity contribution in [3.05, 3.63) is 52.3 Å². The molecule has 2 rings (SSSR count). The van der Waals surface area contributed by atoms with Gasteiger partial charge < -0.3 is 0 Å². The van der Waals surface area contributed by atoms with Gasteiger partial charge in [-0.3, -0.25) is 25.5 Å². The lowest BCUT2D eigenvalue weighted by Gasteiger charge is -2.05. The number of amides is 2. The van der Waals surface area contributed by atoms with Gasteiger partial charge in [-0.25, -0.2) is 0 Å². The van der Waals surface area contributed by atoms with E-state index in [1.165, 1.54) is 0 Å². The Morgan fingerprint density at radius 3 is 2.45 bits per heavy atom. The standard InChI is InChI=1S/C15H17ClN4O2/c1-9(2)7-12-8-13(18-17-12)15(22)20-19-14(21)10-3-5-11(16)6-4-10/h3-6,8-9H,7H2,1-2H3,(H,17,18)(H,19,21)(H,20,22). The van der Waals surface area contributed by atoms with E-state index in [1.807, 2.05) is 0 Å². The van der Waals surface area contributed by atoms with Crippen molar-refractivity contribution in [2.24, 2.45) is 5.92 Å². The van der Waals surface area contributed by atoms with Gasteiger partial charge in [0.25, 0.3) is 11.8 Å². The molecule has 0 saturated carbocycles. The van der Waals surface area contributed by atoms with Crippen LogP contribution in [0.5, 0.6) is 0 Å². The summed E-state index contributed by atoms with van der Waals surface area (Å²) in [5.41, 5.74) is 6.16. The van der Waals surface area contributed by atoms with E-state index in [4.69, 9.17) is 11.6 Å². The molecular formula is C15H17ClN4O2. The van der Waals surface area contributed by atoms with Gasteiger partial charge in [-0.15, -0.1) is 0 Å². The molecule has 0 radical (unpaired) electrons. The van der Waals surface area contributed by atoms with Crippen molar-refractivity contribution in [1.29, 1.82) is 0 Å². The number of hydrogen-bond acceptors (Lipinski definition) is 3. The van der Waals surface area contributed by atoms with Crippen LogP contribution in [0.1, 0.15) is 40.4 Å². The number of nitrogens with zero attached hydrogens (tertiary/aromatic N) is 1. The maximum atomic E-state index is 11.9. The Morgan fingerprint density at radius 2 is 1.82 bits per heavy atom. The van der Waals surface area contributed by atoms with Crippen molar-refractivity contribution in [2.45, 2.75) is 20.3 Å². The number of carbonyl (C=O) groups is 2. The fraction of sp³-hybridized carbons (Fsp3) is 0.267. The van der Waals surface area contributed by atoms with Crippen molar-refractivity contribution >= 4 is 23.4 Å². The van der Waals surface area contributed by atoms with Crippen molar-refractivity contribution in [3.8, 4) is 0 Å². The van der Waals surface area contributed by atoms with Crippen LogP contribution in [-0.2, 0) is 6.42 Å². The largest absolute Gasteiger partial charge is 0.290 e. The summed E-state index contributed by atoms with van der Waals surface area (Å²) in [5.74, 6) is -0.447. The third kappa shape index (κ3) is 4.33. The molecular weight excluding hydrogens is 304 g/mol. The number of benzene rings is 1.